The molecule has 0 aliphatic heterocycles. The molecule has 0 fully saturated rings. The molecule has 1 aromatic heterocycles. The van der Waals surface area contributed by atoms with Gasteiger partial charge in [-0.3, -0.25) is 0 Å². The summed E-state index contributed by atoms with van der Waals surface area (Å²) in [5.74, 6) is 0.479. The van der Waals surface area contributed by atoms with Crippen molar-refractivity contribution in [1.29, 1.82) is 0 Å². The van der Waals surface area contributed by atoms with Crippen LogP contribution in [0.1, 0.15) is 6.92 Å². The number of nitrogens with two attached hydrogens (primary N) is 1. The lowest BCUT2D eigenvalue weighted by Crippen LogP contribution is -2.01. The van der Waals surface area contributed by atoms with Crippen LogP contribution >= 0.6 is 0 Å². The fourth-order valence-corrected chi connectivity index (χ4v) is 2.43. The molecule has 21 heavy (non-hydrogen) atoms. The first-order valence-electron chi connectivity index (χ1n) is 6.70. The number of fused-ring (bicyclic) bond motifs is 1. The van der Waals surface area contributed by atoms with Crippen molar-refractivity contribution in [2.45, 2.75) is 13.5 Å². The van der Waals surface area contributed by atoms with Crippen molar-refractivity contribution in [1.82, 2.24) is 9.55 Å². The zero-order chi connectivity index (χ0) is 15.0. The first-order chi connectivity index (χ1) is 10.0. The minimum Gasteiger partial charge on any atom is -0.399 e. The molecule has 0 spiro atoms. The van der Waals surface area contributed by atoms with Crippen molar-refractivity contribution < 1.29 is 4.39 Å². The van der Waals surface area contributed by atoms with Gasteiger partial charge in [-0.05, 0) is 31.2 Å². The summed E-state index contributed by atoms with van der Waals surface area (Å²) in [6, 6.07) is 12.2. The minimum atomic E-state index is -0.290. The van der Waals surface area contributed by atoms with Gasteiger partial charge >= 0.3 is 0 Å². The number of hydrogen-bond acceptors (Lipinski definition) is 2. The summed E-state index contributed by atoms with van der Waals surface area (Å²) in [5, 5.41) is 0. The Morgan fingerprint density at radius 3 is 2.81 bits per heavy atom. The molecule has 0 saturated heterocycles. The first kappa shape index (κ1) is 13.4. The Bertz CT molecular complexity index is 833. The Labute approximate surface area is 122 Å². The average molecular weight is 281 g/mol. The van der Waals surface area contributed by atoms with E-state index in [1.54, 1.807) is 6.07 Å². The quantitative estimate of drug-likeness (QED) is 0.582. The van der Waals surface area contributed by atoms with E-state index in [-0.39, 0.29) is 5.82 Å². The molecule has 0 saturated carbocycles. The van der Waals surface area contributed by atoms with E-state index in [9.17, 15) is 4.39 Å². The lowest BCUT2D eigenvalue weighted by Gasteiger charge is -2.09. The number of nitrogens with zero attached hydrogens (tertiary/aromatic N) is 2. The highest BCUT2D eigenvalue weighted by atomic mass is 19.1. The molecule has 3 rings (SSSR count). The number of halogens is 1. The number of imidazole rings is 1. The van der Waals surface area contributed by atoms with Gasteiger partial charge in [0.25, 0.3) is 0 Å². The molecule has 4 heteroatoms. The van der Waals surface area contributed by atoms with Gasteiger partial charge in [0.1, 0.15) is 11.6 Å². The number of nitrogen functional groups attached to an aromatic ring is 1. The molecule has 2 aromatic carbocycles. The van der Waals surface area contributed by atoms with Crippen LogP contribution in [0.4, 0.5) is 10.1 Å². The van der Waals surface area contributed by atoms with Gasteiger partial charge < -0.3 is 10.3 Å². The van der Waals surface area contributed by atoms with Crippen LogP contribution < -0.4 is 5.73 Å². The van der Waals surface area contributed by atoms with Crippen molar-refractivity contribution >= 4 is 16.7 Å². The zero-order valence-electron chi connectivity index (χ0n) is 11.8. The number of benzene rings is 2. The summed E-state index contributed by atoms with van der Waals surface area (Å²) in [7, 11) is 0. The van der Waals surface area contributed by atoms with Crippen LogP contribution in [-0.2, 0) is 6.54 Å². The summed E-state index contributed by atoms with van der Waals surface area (Å²) >= 11 is 0. The molecule has 0 radical (unpaired) electrons. The molecule has 3 nitrogen and oxygen atoms in total. The van der Waals surface area contributed by atoms with Crippen molar-refractivity contribution in [2.24, 2.45) is 0 Å². The van der Waals surface area contributed by atoms with Crippen LogP contribution in [0.5, 0.6) is 0 Å². The summed E-state index contributed by atoms with van der Waals surface area (Å²) in [6.45, 7) is 6.55. The Kier molecular flexibility index (Phi) is 3.22. The molecule has 0 aliphatic carbocycles. The molecular formula is C17H16FN3. The molecule has 0 unspecified atom stereocenters. The maximum absolute atomic E-state index is 13.4. The van der Waals surface area contributed by atoms with Gasteiger partial charge in [-0.15, -0.1) is 0 Å². The second-order valence-corrected chi connectivity index (χ2v) is 5.24. The third-order valence-corrected chi connectivity index (χ3v) is 3.28. The van der Waals surface area contributed by atoms with Crippen LogP contribution in [0.25, 0.3) is 22.4 Å². The van der Waals surface area contributed by atoms with E-state index < -0.39 is 0 Å². The van der Waals surface area contributed by atoms with Crippen molar-refractivity contribution in [2.75, 3.05) is 5.73 Å². The highest BCUT2D eigenvalue weighted by Gasteiger charge is 2.13. The third-order valence-electron chi connectivity index (χ3n) is 3.28. The van der Waals surface area contributed by atoms with Gasteiger partial charge in [0.15, 0.2) is 0 Å². The smallest absolute Gasteiger partial charge is 0.141 e. The van der Waals surface area contributed by atoms with Gasteiger partial charge in [-0.25, -0.2) is 9.37 Å². The van der Waals surface area contributed by atoms with Gasteiger partial charge in [0.05, 0.1) is 11.0 Å². The average Bonchev–Trinajstić information content (AvgIpc) is 2.76. The zero-order valence-corrected chi connectivity index (χ0v) is 11.8. The van der Waals surface area contributed by atoms with E-state index in [1.165, 1.54) is 12.1 Å². The van der Waals surface area contributed by atoms with Crippen molar-refractivity contribution in [3.63, 3.8) is 0 Å². The van der Waals surface area contributed by atoms with E-state index in [0.717, 1.165) is 22.5 Å². The third kappa shape index (κ3) is 2.52. The number of hydrogen-bond donors (Lipinski definition) is 1. The maximum atomic E-state index is 13.4. The Balaban J connectivity index is 2.27. The second-order valence-electron chi connectivity index (χ2n) is 5.24. The largest absolute Gasteiger partial charge is 0.399 e. The predicted octanol–water partition coefficient (Wildman–Crippen LogP) is 4.00. The van der Waals surface area contributed by atoms with Crippen LogP contribution in [0.15, 0.2) is 54.6 Å². The maximum Gasteiger partial charge on any atom is 0.141 e. The summed E-state index contributed by atoms with van der Waals surface area (Å²) in [5.41, 5.74) is 9.96. The van der Waals surface area contributed by atoms with Crippen molar-refractivity contribution in [3.8, 4) is 11.4 Å². The normalized spacial score (nSPS) is 11.0. The van der Waals surface area contributed by atoms with E-state index in [0.29, 0.717) is 17.7 Å². The highest BCUT2D eigenvalue weighted by Crippen LogP contribution is 2.27. The van der Waals surface area contributed by atoms with Gasteiger partial charge in [-0.1, -0.05) is 24.3 Å². The van der Waals surface area contributed by atoms with E-state index >= 15 is 0 Å². The van der Waals surface area contributed by atoms with Gasteiger partial charge in [-0.2, -0.15) is 0 Å². The summed E-state index contributed by atoms with van der Waals surface area (Å²) in [4.78, 5) is 4.56. The monoisotopic (exact) mass is 281 g/mol. The molecule has 0 bridgehead atoms. The Hall–Kier alpha value is -2.62. The standard InChI is InChI=1S/C17H16FN3/c1-11(2)10-21-16-7-6-13(18)9-15(16)20-17(21)12-4-3-5-14(19)8-12/h3-9H,1,10,19H2,2H3. The lowest BCUT2D eigenvalue weighted by atomic mass is 10.2. The highest BCUT2D eigenvalue weighted by molar-refractivity contribution is 5.81. The lowest BCUT2D eigenvalue weighted by molar-refractivity contribution is 0.629. The van der Waals surface area contributed by atoms with Gasteiger partial charge in [0.2, 0.25) is 0 Å². The first-order valence-corrected chi connectivity index (χ1v) is 6.70. The number of allylic oxidation sites excluding steroid dienone is 1. The van der Waals surface area contributed by atoms with Crippen LogP contribution in [0.2, 0.25) is 0 Å². The second kappa shape index (κ2) is 5.05. The predicted molar refractivity (Wildman–Crippen MR) is 84.4 cm³/mol. The molecule has 1 heterocycles. The number of rotatable bonds is 3. The molecule has 2 N–H and O–H groups in total. The molecule has 0 amide bonds. The SMILES string of the molecule is C=C(C)Cn1c(-c2cccc(N)c2)nc2cc(F)ccc21. The summed E-state index contributed by atoms with van der Waals surface area (Å²) < 4.78 is 15.5. The van der Waals surface area contributed by atoms with Gasteiger partial charge in [0, 0.05) is 23.9 Å². The fraction of sp³-hybridized carbons (Fsp3) is 0.118. The molecular weight excluding hydrogens is 265 g/mol. The minimum absolute atomic E-state index is 0.290. The van der Waals surface area contributed by atoms with Crippen LogP contribution in [0.3, 0.4) is 0 Å². The molecule has 106 valence electrons. The number of anilines is 1. The molecule has 0 aliphatic rings. The van der Waals surface area contributed by atoms with E-state index in [1.807, 2.05) is 35.8 Å². The summed E-state index contributed by atoms with van der Waals surface area (Å²) in [6.07, 6.45) is 0. The number of aromatic nitrogens is 2. The van der Waals surface area contributed by atoms with Crippen LogP contribution in [-0.4, -0.2) is 9.55 Å². The molecule has 3 aromatic rings. The van der Waals surface area contributed by atoms with Crippen LogP contribution in [0, 0.1) is 5.82 Å². The molecule has 0 atom stereocenters. The van der Waals surface area contributed by atoms with Crippen molar-refractivity contribution in [3.05, 3.63) is 60.4 Å². The van der Waals surface area contributed by atoms with E-state index in [4.69, 9.17) is 5.73 Å². The Morgan fingerprint density at radius 2 is 2.10 bits per heavy atom. The topological polar surface area (TPSA) is 43.8 Å². The van der Waals surface area contributed by atoms with E-state index in [2.05, 4.69) is 11.6 Å². The Morgan fingerprint density at radius 1 is 1.29 bits per heavy atom. The fourth-order valence-electron chi connectivity index (χ4n) is 2.43.